The summed E-state index contributed by atoms with van der Waals surface area (Å²) in [5.41, 5.74) is 8.16. The van der Waals surface area contributed by atoms with Gasteiger partial charge in [0.15, 0.2) is 0 Å². The topological polar surface area (TPSA) is 44.5 Å². The zero-order chi connectivity index (χ0) is 12.1. The van der Waals surface area contributed by atoms with Gasteiger partial charge in [-0.15, -0.1) is 0 Å². The number of ether oxygens (including phenoxy) is 2. The minimum atomic E-state index is -0.0235. The van der Waals surface area contributed by atoms with E-state index >= 15 is 0 Å². The van der Waals surface area contributed by atoms with Gasteiger partial charge in [-0.05, 0) is 26.8 Å². The number of nitrogens with two attached hydrogens (primary N) is 1. The highest BCUT2D eigenvalue weighted by molar-refractivity contribution is 5.38. The molecule has 0 aliphatic carbocycles. The SMILES string of the molecule is COCC(C)Oc1ccc(C)cc1[C@H](C)N. The van der Waals surface area contributed by atoms with Crippen molar-refractivity contribution in [1.29, 1.82) is 0 Å². The zero-order valence-corrected chi connectivity index (χ0v) is 10.5. The van der Waals surface area contributed by atoms with Crippen LogP contribution >= 0.6 is 0 Å². The summed E-state index contributed by atoms with van der Waals surface area (Å²) in [6.45, 7) is 6.57. The Hall–Kier alpha value is -1.06. The quantitative estimate of drug-likeness (QED) is 0.833. The van der Waals surface area contributed by atoms with Crippen molar-refractivity contribution >= 4 is 0 Å². The third-order valence-corrected chi connectivity index (χ3v) is 2.39. The highest BCUT2D eigenvalue weighted by atomic mass is 16.5. The van der Waals surface area contributed by atoms with Gasteiger partial charge in [0.1, 0.15) is 11.9 Å². The Morgan fingerprint density at radius 3 is 2.56 bits per heavy atom. The van der Waals surface area contributed by atoms with Crippen LogP contribution in [0, 0.1) is 6.92 Å². The van der Waals surface area contributed by atoms with E-state index in [1.54, 1.807) is 7.11 Å². The van der Waals surface area contributed by atoms with Crippen LogP contribution in [0.15, 0.2) is 18.2 Å². The lowest BCUT2D eigenvalue weighted by Gasteiger charge is -2.19. The van der Waals surface area contributed by atoms with Gasteiger partial charge >= 0.3 is 0 Å². The van der Waals surface area contributed by atoms with Gasteiger partial charge in [0, 0.05) is 18.7 Å². The van der Waals surface area contributed by atoms with Crippen molar-refractivity contribution in [3.63, 3.8) is 0 Å². The summed E-state index contributed by atoms with van der Waals surface area (Å²) in [6, 6.07) is 6.05. The molecule has 0 fully saturated rings. The fourth-order valence-electron chi connectivity index (χ4n) is 1.62. The van der Waals surface area contributed by atoms with Gasteiger partial charge in [-0.2, -0.15) is 0 Å². The molecule has 1 unspecified atom stereocenters. The average Bonchev–Trinajstić information content (AvgIpc) is 2.20. The Labute approximate surface area is 97.6 Å². The molecule has 0 bridgehead atoms. The lowest BCUT2D eigenvalue weighted by Crippen LogP contribution is -2.19. The second-order valence-corrected chi connectivity index (χ2v) is 4.21. The normalized spacial score (nSPS) is 14.6. The molecule has 0 amide bonds. The maximum atomic E-state index is 5.92. The van der Waals surface area contributed by atoms with Crippen LogP contribution in [0.1, 0.15) is 31.0 Å². The van der Waals surface area contributed by atoms with Crippen LogP contribution in [-0.2, 0) is 4.74 Å². The highest BCUT2D eigenvalue weighted by Crippen LogP contribution is 2.25. The molecule has 0 radical (unpaired) electrons. The predicted octanol–water partition coefficient (Wildman–Crippen LogP) is 2.43. The van der Waals surface area contributed by atoms with E-state index in [1.165, 1.54) is 5.56 Å². The summed E-state index contributed by atoms with van der Waals surface area (Å²) in [4.78, 5) is 0. The molecule has 0 saturated heterocycles. The second kappa shape index (κ2) is 5.87. The number of hydrogen-bond donors (Lipinski definition) is 1. The minimum absolute atomic E-state index is 0.0235. The van der Waals surface area contributed by atoms with Crippen molar-refractivity contribution in [2.45, 2.75) is 32.9 Å². The molecule has 0 aliphatic heterocycles. The van der Waals surface area contributed by atoms with Gasteiger partial charge in [0.2, 0.25) is 0 Å². The third kappa shape index (κ3) is 3.51. The van der Waals surface area contributed by atoms with Crippen molar-refractivity contribution in [2.75, 3.05) is 13.7 Å². The Bertz CT molecular complexity index is 337. The first-order chi connectivity index (χ1) is 7.54. The van der Waals surface area contributed by atoms with Crippen LogP contribution in [0.2, 0.25) is 0 Å². The van der Waals surface area contributed by atoms with Crippen LogP contribution in [0.25, 0.3) is 0 Å². The Morgan fingerprint density at radius 1 is 1.31 bits per heavy atom. The van der Waals surface area contributed by atoms with Crippen LogP contribution in [0.5, 0.6) is 5.75 Å². The summed E-state index contributed by atoms with van der Waals surface area (Å²) in [5, 5.41) is 0. The van der Waals surface area contributed by atoms with E-state index in [-0.39, 0.29) is 12.1 Å². The number of hydrogen-bond acceptors (Lipinski definition) is 3. The van der Waals surface area contributed by atoms with E-state index in [4.69, 9.17) is 15.2 Å². The second-order valence-electron chi connectivity index (χ2n) is 4.21. The van der Waals surface area contributed by atoms with Gasteiger partial charge in [-0.3, -0.25) is 0 Å². The smallest absolute Gasteiger partial charge is 0.124 e. The average molecular weight is 223 g/mol. The Morgan fingerprint density at radius 2 is 2.00 bits per heavy atom. The van der Waals surface area contributed by atoms with Crippen LogP contribution in [0.3, 0.4) is 0 Å². The van der Waals surface area contributed by atoms with Crippen molar-refractivity contribution in [3.05, 3.63) is 29.3 Å². The largest absolute Gasteiger partial charge is 0.488 e. The van der Waals surface area contributed by atoms with Gasteiger partial charge in [-0.1, -0.05) is 17.7 Å². The van der Waals surface area contributed by atoms with E-state index < -0.39 is 0 Å². The maximum Gasteiger partial charge on any atom is 0.124 e. The Kier molecular flexibility index (Phi) is 4.77. The molecule has 0 aliphatic rings. The molecule has 0 spiro atoms. The van der Waals surface area contributed by atoms with Gasteiger partial charge in [-0.25, -0.2) is 0 Å². The number of aryl methyl sites for hydroxylation is 1. The lowest BCUT2D eigenvalue weighted by molar-refractivity contribution is 0.0912. The number of rotatable bonds is 5. The molecule has 3 heteroatoms. The number of benzene rings is 1. The summed E-state index contributed by atoms with van der Waals surface area (Å²) < 4.78 is 10.8. The molecule has 2 N–H and O–H groups in total. The summed E-state index contributed by atoms with van der Waals surface area (Å²) in [6.07, 6.45) is 0.0326. The Balaban J connectivity index is 2.86. The molecule has 1 aromatic rings. The summed E-state index contributed by atoms with van der Waals surface area (Å²) >= 11 is 0. The molecule has 0 saturated carbocycles. The standard InChI is InChI=1S/C13H21NO2/c1-9-5-6-13(12(7-9)11(3)14)16-10(2)8-15-4/h5-7,10-11H,8,14H2,1-4H3/t10?,11-/m0/s1. The van der Waals surface area contributed by atoms with Crippen molar-refractivity contribution < 1.29 is 9.47 Å². The minimum Gasteiger partial charge on any atom is -0.488 e. The number of methoxy groups -OCH3 is 1. The highest BCUT2D eigenvalue weighted by Gasteiger charge is 2.11. The first kappa shape index (κ1) is 13.0. The van der Waals surface area contributed by atoms with Crippen LogP contribution < -0.4 is 10.5 Å². The molecular formula is C13H21NO2. The molecule has 1 aromatic carbocycles. The first-order valence-electron chi connectivity index (χ1n) is 5.56. The predicted molar refractivity (Wildman–Crippen MR) is 65.7 cm³/mol. The summed E-state index contributed by atoms with van der Waals surface area (Å²) in [5.74, 6) is 0.852. The van der Waals surface area contributed by atoms with Gasteiger partial charge in [0.05, 0.1) is 6.61 Å². The van der Waals surface area contributed by atoms with E-state index in [0.29, 0.717) is 6.61 Å². The first-order valence-corrected chi connectivity index (χ1v) is 5.56. The fourth-order valence-corrected chi connectivity index (χ4v) is 1.62. The molecule has 90 valence electrons. The molecule has 2 atom stereocenters. The molecular weight excluding hydrogens is 202 g/mol. The van der Waals surface area contributed by atoms with Crippen molar-refractivity contribution in [2.24, 2.45) is 5.73 Å². The lowest BCUT2D eigenvalue weighted by atomic mass is 10.1. The third-order valence-electron chi connectivity index (χ3n) is 2.39. The molecule has 1 rings (SSSR count). The van der Waals surface area contributed by atoms with E-state index in [1.807, 2.05) is 32.9 Å². The summed E-state index contributed by atoms with van der Waals surface area (Å²) in [7, 11) is 1.67. The monoisotopic (exact) mass is 223 g/mol. The van der Waals surface area contributed by atoms with Gasteiger partial charge < -0.3 is 15.2 Å². The van der Waals surface area contributed by atoms with E-state index in [0.717, 1.165) is 11.3 Å². The zero-order valence-electron chi connectivity index (χ0n) is 10.5. The fraction of sp³-hybridized carbons (Fsp3) is 0.538. The van der Waals surface area contributed by atoms with E-state index in [9.17, 15) is 0 Å². The van der Waals surface area contributed by atoms with Crippen LogP contribution in [-0.4, -0.2) is 19.8 Å². The van der Waals surface area contributed by atoms with Crippen molar-refractivity contribution in [3.8, 4) is 5.75 Å². The maximum absolute atomic E-state index is 5.92. The van der Waals surface area contributed by atoms with Crippen LogP contribution in [0.4, 0.5) is 0 Å². The molecule has 16 heavy (non-hydrogen) atoms. The van der Waals surface area contributed by atoms with E-state index in [2.05, 4.69) is 6.07 Å². The molecule has 3 nitrogen and oxygen atoms in total. The molecule has 0 heterocycles. The van der Waals surface area contributed by atoms with Gasteiger partial charge in [0.25, 0.3) is 0 Å². The molecule has 0 aromatic heterocycles. The van der Waals surface area contributed by atoms with Crippen molar-refractivity contribution in [1.82, 2.24) is 0 Å².